The number of amides is 1. The number of imidazole rings is 1. The van der Waals surface area contributed by atoms with Crippen molar-refractivity contribution < 1.29 is 13.2 Å². The van der Waals surface area contributed by atoms with Gasteiger partial charge in [0, 0.05) is 36.6 Å². The van der Waals surface area contributed by atoms with E-state index in [0.29, 0.717) is 25.1 Å². The Balaban J connectivity index is 1.45. The van der Waals surface area contributed by atoms with E-state index in [4.69, 9.17) is 0 Å². The van der Waals surface area contributed by atoms with E-state index >= 15 is 0 Å². The molecule has 30 heavy (non-hydrogen) atoms. The van der Waals surface area contributed by atoms with Crippen LogP contribution in [0.2, 0.25) is 0 Å². The number of aromatic nitrogens is 2. The van der Waals surface area contributed by atoms with E-state index in [0.717, 1.165) is 10.1 Å². The zero-order valence-electron chi connectivity index (χ0n) is 16.4. The van der Waals surface area contributed by atoms with Crippen molar-refractivity contribution in [2.24, 2.45) is 7.05 Å². The summed E-state index contributed by atoms with van der Waals surface area (Å²) in [7, 11) is -1.77. The Morgan fingerprint density at radius 3 is 2.53 bits per heavy atom. The monoisotopic (exact) mass is 442 g/mol. The average molecular weight is 443 g/mol. The molecule has 0 saturated carbocycles. The number of carbonyl (C=O) groups excluding carboxylic acids is 1. The van der Waals surface area contributed by atoms with Crippen LogP contribution >= 0.6 is 11.8 Å². The van der Waals surface area contributed by atoms with E-state index in [2.05, 4.69) is 10.3 Å². The molecule has 2 heterocycles. The highest BCUT2D eigenvalue weighted by molar-refractivity contribution is 7.99. The number of nitrogens with one attached hydrogen (secondary N) is 1. The topological polar surface area (TPSA) is 84.3 Å². The fourth-order valence-electron chi connectivity index (χ4n) is 3.41. The molecule has 9 heteroatoms. The van der Waals surface area contributed by atoms with E-state index in [1.807, 2.05) is 42.1 Å². The summed E-state index contributed by atoms with van der Waals surface area (Å²) >= 11 is 1.53. The van der Waals surface area contributed by atoms with Crippen LogP contribution in [0.25, 0.3) is 0 Å². The molecule has 1 amide bonds. The molecule has 0 radical (unpaired) electrons. The van der Waals surface area contributed by atoms with Crippen molar-refractivity contribution in [2.45, 2.75) is 33.8 Å². The molecule has 1 unspecified atom stereocenters. The van der Waals surface area contributed by atoms with Gasteiger partial charge < -0.3 is 9.88 Å². The SMILES string of the molecule is Cn1ccnc1Sc1ccc(NC(=O)C2CCCN2S(=O)(=O)c2ccccc2)cc1. The molecule has 1 atom stereocenters. The molecule has 2 aromatic carbocycles. The summed E-state index contributed by atoms with van der Waals surface area (Å²) < 4.78 is 29.2. The van der Waals surface area contributed by atoms with Crippen molar-refractivity contribution >= 4 is 33.4 Å². The maximum absolute atomic E-state index is 13.0. The first kappa shape index (κ1) is 20.6. The normalized spacial score (nSPS) is 17.2. The second-order valence-electron chi connectivity index (χ2n) is 7.02. The van der Waals surface area contributed by atoms with Crippen LogP contribution in [0.15, 0.2) is 81.9 Å². The molecule has 0 aliphatic carbocycles. The van der Waals surface area contributed by atoms with Crippen LogP contribution in [0.5, 0.6) is 0 Å². The largest absolute Gasteiger partial charge is 0.329 e. The molecule has 1 saturated heterocycles. The number of carbonyl (C=O) groups is 1. The Bertz CT molecular complexity index is 1130. The molecule has 0 bridgehead atoms. The molecule has 1 aliphatic rings. The summed E-state index contributed by atoms with van der Waals surface area (Å²) in [6.07, 6.45) is 4.79. The molecule has 1 fully saturated rings. The molecule has 7 nitrogen and oxygen atoms in total. The van der Waals surface area contributed by atoms with E-state index in [-0.39, 0.29) is 10.8 Å². The van der Waals surface area contributed by atoms with Crippen LogP contribution < -0.4 is 5.32 Å². The third kappa shape index (κ3) is 4.28. The average Bonchev–Trinajstić information content (AvgIpc) is 3.40. The second-order valence-corrected chi connectivity index (χ2v) is 9.95. The lowest BCUT2D eigenvalue weighted by molar-refractivity contribution is -0.119. The molecule has 1 aliphatic heterocycles. The lowest BCUT2D eigenvalue weighted by Crippen LogP contribution is -2.43. The van der Waals surface area contributed by atoms with E-state index in [1.165, 1.54) is 16.1 Å². The van der Waals surface area contributed by atoms with Crippen LogP contribution in [-0.2, 0) is 21.9 Å². The Kier molecular flexibility index (Phi) is 5.94. The summed E-state index contributed by atoms with van der Waals surface area (Å²) in [6, 6.07) is 15.0. The van der Waals surface area contributed by atoms with Gasteiger partial charge >= 0.3 is 0 Å². The first-order valence-corrected chi connectivity index (χ1v) is 11.8. The highest BCUT2D eigenvalue weighted by Crippen LogP contribution is 2.29. The molecule has 1 aromatic heterocycles. The Hall–Kier alpha value is -2.62. The zero-order valence-corrected chi connectivity index (χ0v) is 18.1. The Morgan fingerprint density at radius 2 is 1.87 bits per heavy atom. The van der Waals surface area contributed by atoms with Crippen molar-refractivity contribution in [2.75, 3.05) is 11.9 Å². The third-order valence-corrected chi connectivity index (χ3v) is 7.97. The Morgan fingerprint density at radius 1 is 1.13 bits per heavy atom. The van der Waals surface area contributed by atoms with Gasteiger partial charge in [0.25, 0.3) is 0 Å². The molecular weight excluding hydrogens is 420 g/mol. The lowest BCUT2D eigenvalue weighted by atomic mass is 10.2. The standard InChI is InChI=1S/C21H22N4O3S2/c1-24-15-13-22-21(24)29-17-11-9-16(10-12-17)23-20(26)19-8-5-14-25(19)30(27,28)18-6-3-2-4-7-18/h2-4,6-7,9-13,15,19H,5,8,14H2,1H3,(H,23,26). The maximum atomic E-state index is 13.0. The zero-order chi connectivity index (χ0) is 21.1. The quantitative estimate of drug-likeness (QED) is 0.633. The second kappa shape index (κ2) is 8.63. The predicted octanol–water partition coefficient (Wildman–Crippen LogP) is 3.36. The summed E-state index contributed by atoms with van der Waals surface area (Å²) in [5, 5.41) is 3.73. The molecular formula is C21H22N4O3S2. The summed E-state index contributed by atoms with van der Waals surface area (Å²) in [5.41, 5.74) is 0.633. The summed E-state index contributed by atoms with van der Waals surface area (Å²) in [6.45, 7) is 0.342. The number of aryl methyl sites for hydroxylation is 1. The van der Waals surface area contributed by atoms with Crippen molar-refractivity contribution in [3.05, 3.63) is 67.0 Å². The van der Waals surface area contributed by atoms with Crippen molar-refractivity contribution in [3.8, 4) is 0 Å². The summed E-state index contributed by atoms with van der Waals surface area (Å²) in [4.78, 5) is 18.3. The van der Waals surface area contributed by atoms with Gasteiger partial charge in [-0.25, -0.2) is 13.4 Å². The van der Waals surface area contributed by atoms with E-state index < -0.39 is 16.1 Å². The number of benzene rings is 2. The van der Waals surface area contributed by atoms with Gasteiger partial charge in [0.05, 0.1) is 4.90 Å². The molecule has 0 spiro atoms. The minimum Gasteiger partial charge on any atom is -0.329 e. The first-order valence-electron chi connectivity index (χ1n) is 9.58. The number of nitrogens with zero attached hydrogens (tertiary/aromatic N) is 3. The van der Waals surface area contributed by atoms with Gasteiger partial charge in [-0.15, -0.1) is 0 Å². The van der Waals surface area contributed by atoms with Gasteiger partial charge in [-0.05, 0) is 49.2 Å². The number of anilines is 1. The molecule has 156 valence electrons. The van der Waals surface area contributed by atoms with Gasteiger partial charge in [-0.1, -0.05) is 30.0 Å². The summed E-state index contributed by atoms with van der Waals surface area (Å²) in [5.74, 6) is -0.309. The predicted molar refractivity (Wildman–Crippen MR) is 116 cm³/mol. The van der Waals surface area contributed by atoms with E-state index in [1.54, 1.807) is 36.5 Å². The van der Waals surface area contributed by atoms with Crippen LogP contribution in [-0.4, -0.2) is 40.8 Å². The van der Waals surface area contributed by atoms with Crippen LogP contribution in [0.3, 0.4) is 0 Å². The number of sulfonamides is 1. The minimum atomic E-state index is -3.71. The highest BCUT2D eigenvalue weighted by atomic mass is 32.2. The first-order chi connectivity index (χ1) is 14.4. The fourth-order valence-corrected chi connectivity index (χ4v) is 5.88. The molecule has 3 aromatic rings. The van der Waals surface area contributed by atoms with Crippen LogP contribution in [0.4, 0.5) is 5.69 Å². The van der Waals surface area contributed by atoms with Gasteiger partial charge in [0.15, 0.2) is 5.16 Å². The lowest BCUT2D eigenvalue weighted by Gasteiger charge is -2.23. The third-order valence-electron chi connectivity index (χ3n) is 4.96. The number of hydrogen-bond acceptors (Lipinski definition) is 5. The smallest absolute Gasteiger partial charge is 0.243 e. The minimum absolute atomic E-state index is 0.209. The number of hydrogen-bond donors (Lipinski definition) is 1. The van der Waals surface area contributed by atoms with Crippen LogP contribution in [0.1, 0.15) is 12.8 Å². The van der Waals surface area contributed by atoms with Gasteiger partial charge in [0.1, 0.15) is 6.04 Å². The number of rotatable bonds is 6. The van der Waals surface area contributed by atoms with Crippen molar-refractivity contribution in [3.63, 3.8) is 0 Å². The Labute approximate surface area is 180 Å². The fraction of sp³-hybridized carbons (Fsp3) is 0.238. The van der Waals surface area contributed by atoms with Gasteiger partial charge in [0.2, 0.25) is 15.9 Å². The highest BCUT2D eigenvalue weighted by Gasteiger charge is 2.39. The van der Waals surface area contributed by atoms with Crippen LogP contribution in [0, 0.1) is 0 Å². The van der Waals surface area contributed by atoms with Crippen molar-refractivity contribution in [1.29, 1.82) is 0 Å². The van der Waals surface area contributed by atoms with Gasteiger partial charge in [-0.2, -0.15) is 4.31 Å². The maximum Gasteiger partial charge on any atom is 0.243 e. The van der Waals surface area contributed by atoms with Crippen molar-refractivity contribution in [1.82, 2.24) is 13.9 Å². The van der Waals surface area contributed by atoms with Gasteiger partial charge in [-0.3, -0.25) is 4.79 Å². The molecule has 4 rings (SSSR count). The molecule has 1 N–H and O–H groups in total. The van der Waals surface area contributed by atoms with E-state index in [9.17, 15) is 13.2 Å².